The average molecular weight is 472 g/mol. The van der Waals surface area contributed by atoms with E-state index in [4.69, 9.17) is 29.5 Å². The summed E-state index contributed by atoms with van der Waals surface area (Å²) in [6.07, 6.45) is 11.1. The number of piperidine rings is 1. The van der Waals surface area contributed by atoms with Gasteiger partial charge in [0.1, 0.15) is 11.6 Å². The number of nitrogens with one attached hydrogen (secondary N) is 1. The van der Waals surface area contributed by atoms with Gasteiger partial charge in [-0.1, -0.05) is 6.92 Å². The van der Waals surface area contributed by atoms with Crippen molar-refractivity contribution in [2.24, 2.45) is 0 Å². The highest BCUT2D eigenvalue weighted by molar-refractivity contribution is 5.70. The predicted molar refractivity (Wildman–Crippen MR) is 128 cm³/mol. The molecule has 34 heavy (non-hydrogen) atoms. The van der Waals surface area contributed by atoms with Crippen molar-refractivity contribution in [3.05, 3.63) is 49.1 Å². The molecule has 184 valence electrons. The van der Waals surface area contributed by atoms with E-state index >= 15 is 0 Å². The van der Waals surface area contributed by atoms with Crippen molar-refractivity contribution >= 4 is 11.9 Å². The zero-order chi connectivity index (χ0) is 25.1. The zero-order valence-electron chi connectivity index (χ0n) is 20.0. The fraction of sp³-hybridized carbons (Fsp3) is 0.417. The molecule has 0 saturated carbocycles. The lowest BCUT2D eigenvalue weighted by atomic mass is 9.97. The maximum Gasteiger partial charge on any atom is 0.300 e. The van der Waals surface area contributed by atoms with Crippen LogP contribution in [0.3, 0.4) is 0 Å². The number of imidazole rings is 1. The Morgan fingerprint density at radius 2 is 1.88 bits per heavy atom. The Balaban J connectivity index is 0.000000446. The van der Waals surface area contributed by atoms with Crippen molar-refractivity contribution in [2.75, 3.05) is 13.7 Å². The van der Waals surface area contributed by atoms with Crippen molar-refractivity contribution in [1.29, 1.82) is 0 Å². The van der Waals surface area contributed by atoms with Crippen LogP contribution < -0.4 is 10.1 Å². The summed E-state index contributed by atoms with van der Waals surface area (Å²) in [6, 6.07) is 9.01. The van der Waals surface area contributed by atoms with Gasteiger partial charge in [0.2, 0.25) is 0 Å². The number of methoxy groups -OCH3 is 1. The maximum absolute atomic E-state index is 9.00. The van der Waals surface area contributed by atoms with Gasteiger partial charge in [-0.3, -0.25) is 9.59 Å². The summed E-state index contributed by atoms with van der Waals surface area (Å²) in [4.78, 5) is 22.7. The van der Waals surface area contributed by atoms with E-state index < -0.39 is 11.9 Å². The monoisotopic (exact) mass is 471 g/mol. The van der Waals surface area contributed by atoms with E-state index in [9.17, 15) is 0 Å². The van der Waals surface area contributed by atoms with Gasteiger partial charge in [0.25, 0.3) is 11.9 Å². The quantitative estimate of drug-likeness (QED) is 0.514. The van der Waals surface area contributed by atoms with E-state index in [-0.39, 0.29) is 0 Å². The molecular formula is C24H33N5O5. The lowest BCUT2D eigenvalue weighted by molar-refractivity contribution is -0.135. The van der Waals surface area contributed by atoms with Gasteiger partial charge in [0.15, 0.2) is 0 Å². The Bertz CT molecular complexity index is 1030. The van der Waals surface area contributed by atoms with Gasteiger partial charge < -0.3 is 24.8 Å². The molecular weight excluding hydrogens is 438 g/mol. The highest BCUT2D eigenvalue weighted by Crippen LogP contribution is 2.33. The highest BCUT2D eigenvalue weighted by Gasteiger charge is 2.24. The molecule has 0 amide bonds. The summed E-state index contributed by atoms with van der Waals surface area (Å²) in [5, 5.41) is 22.8. The number of carboxylic acid groups (broad SMARTS) is 2. The number of carbonyl (C=O) groups is 2. The van der Waals surface area contributed by atoms with Crippen molar-refractivity contribution in [3.63, 3.8) is 0 Å². The molecule has 0 spiro atoms. The van der Waals surface area contributed by atoms with Crippen LogP contribution in [0.2, 0.25) is 0 Å². The summed E-state index contributed by atoms with van der Waals surface area (Å²) in [5.74, 6) is 0.123. The number of rotatable bonds is 5. The predicted octanol–water partition coefficient (Wildman–Crippen LogP) is 3.63. The molecule has 2 aromatic heterocycles. The third-order valence-electron chi connectivity index (χ3n) is 5.22. The smallest absolute Gasteiger partial charge is 0.300 e. The number of aromatic nitrogens is 4. The molecule has 0 aliphatic carbocycles. The van der Waals surface area contributed by atoms with Gasteiger partial charge in [-0.25, -0.2) is 9.67 Å². The van der Waals surface area contributed by atoms with Gasteiger partial charge in [0.05, 0.1) is 12.8 Å². The molecule has 3 heterocycles. The molecule has 10 nitrogen and oxygen atoms in total. The number of nitrogens with zero attached hydrogens (tertiary/aromatic N) is 4. The van der Waals surface area contributed by atoms with E-state index in [0.717, 1.165) is 62.5 Å². The van der Waals surface area contributed by atoms with Crippen LogP contribution in [0.5, 0.6) is 5.75 Å². The van der Waals surface area contributed by atoms with Gasteiger partial charge in [-0.2, -0.15) is 5.10 Å². The van der Waals surface area contributed by atoms with Gasteiger partial charge in [0, 0.05) is 56.3 Å². The lowest BCUT2D eigenvalue weighted by Crippen LogP contribution is -2.38. The molecule has 3 N–H and O–H groups in total. The Hall–Kier alpha value is -3.66. The molecule has 2 atom stereocenters. The minimum atomic E-state index is -0.833. The molecule has 0 unspecified atom stereocenters. The Morgan fingerprint density at radius 1 is 1.18 bits per heavy atom. The fourth-order valence-electron chi connectivity index (χ4n) is 3.80. The first-order chi connectivity index (χ1) is 16.3. The van der Waals surface area contributed by atoms with Crippen LogP contribution in [-0.4, -0.2) is 61.2 Å². The first-order valence-corrected chi connectivity index (χ1v) is 11.1. The number of hydrogen-bond donors (Lipinski definition) is 3. The second kappa shape index (κ2) is 13.1. The van der Waals surface area contributed by atoms with E-state index in [2.05, 4.69) is 28.1 Å². The summed E-state index contributed by atoms with van der Waals surface area (Å²) in [5.41, 5.74) is 2.04. The third kappa shape index (κ3) is 7.73. The summed E-state index contributed by atoms with van der Waals surface area (Å²) >= 11 is 0. The topological polar surface area (TPSA) is 132 Å². The summed E-state index contributed by atoms with van der Waals surface area (Å²) in [6.45, 7) is 5.46. The lowest BCUT2D eigenvalue weighted by Gasteiger charge is -2.31. The molecule has 1 saturated heterocycles. The van der Waals surface area contributed by atoms with E-state index in [1.54, 1.807) is 13.3 Å². The SMILES string of the molecule is CC(=O)O.CC(=O)O.CC[C@@H]1C[C@H](n2ccnc2-c2cc(OC)ccc2-n2cccn2)CCN1. The van der Waals surface area contributed by atoms with Crippen LogP contribution in [0.25, 0.3) is 17.1 Å². The average Bonchev–Trinajstić information content (AvgIpc) is 3.50. The van der Waals surface area contributed by atoms with Crippen LogP contribution in [0, 0.1) is 0 Å². The summed E-state index contributed by atoms with van der Waals surface area (Å²) < 4.78 is 9.67. The highest BCUT2D eigenvalue weighted by atomic mass is 16.5. The van der Waals surface area contributed by atoms with Crippen LogP contribution in [-0.2, 0) is 9.59 Å². The zero-order valence-corrected chi connectivity index (χ0v) is 20.0. The number of benzene rings is 1. The summed E-state index contributed by atoms with van der Waals surface area (Å²) in [7, 11) is 1.69. The molecule has 4 rings (SSSR count). The number of hydrogen-bond acceptors (Lipinski definition) is 6. The Kier molecular flexibility index (Phi) is 10.3. The van der Waals surface area contributed by atoms with Crippen molar-refractivity contribution < 1.29 is 24.5 Å². The number of ether oxygens (including phenoxy) is 1. The van der Waals surface area contributed by atoms with Crippen LogP contribution in [0.1, 0.15) is 46.1 Å². The Morgan fingerprint density at radius 3 is 2.47 bits per heavy atom. The van der Waals surface area contributed by atoms with Crippen LogP contribution >= 0.6 is 0 Å². The molecule has 1 aliphatic rings. The van der Waals surface area contributed by atoms with Crippen molar-refractivity contribution in [1.82, 2.24) is 24.6 Å². The second-order valence-electron chi connectivity index (χ2n) is 7.77. The van der Waals surface area contributed by atoms with Crippen molar-refractivity contribution in [2.45, 2.75) is 52.1 Å². The van der Waals surface area contributed by atoms with Crippen molar-refractivity contribution in [3.8, 4) is 22.8 Å². The molecule has 10 heteroatoms. The number of aliphatic carboxylic acids is 2. The van der Waals surface area contributed by atoms with Crippen LogP contribution in [0.15, 0.2) is 49.1 Å². The standard InChI is InChI=1S/C20H25N5O.2C2H4O2/c1-3-15-13-16(7-9-21-15)24-12-10-22-20(24)18-14-17(26-2)5-6-19(18)25-11-4-8-23-25;2*1-2(3)4/h4-6,8,10-12,14-16,21H,3,7,9,13H2,1-2H3;2*1H3,(H,3,4)/t15-,16-;;/m1../s1. The Labute approximate surface area is 199 Å². The van der Waals surface area contributed by atoms with Gasteiger partial charge >= 0.3 is 0 Å². The van der Waals surface area contributed by atoms with Gasteiger partial charge in [-0.05, 0) is 50.1 Å². The van der Waals surface area contributed by atoms with E-state index in [0.29, 0.717) is 12.1 Å². The minimum Gasteiger partial charge on any atom is -0.497 e. The first-order valence-electron chi connectivity index (χ1n) is 11.1. The molecule has 0 radical (unpaired) electrons. The molecule has 3 aromatic rings. The van der Waals surface area contributed by atoms with Crippen LogP contribution in [0.4, 0.5) is 0 Å². The fourth-order valence-corrected chi connectivity index (χ4v) is 3.80. The van der Waals surface area contributed by atoms with E-state index in [1.165, 1.54) is 0 Å². The van der Waals surface area contributed by atoms with E-state index in [1.807, 2.05) is 41.3 Å². The third-order valence-corrected chi connectivity index (χ3v) is 5.22. The van der Waals surface area contributed by atoms with Gasteiger partial charge in [-0.15, -0.1) is 0 Å². The second-order valence-corrected chi connectivity index (χ2v) is 7.77. The molecule has 1 aromatic carbocycles. The normalized spacial score (nSPS) is 16.9. The minimum absolute atomic E-state index is 0.454. The molecule has 1 aliphatic heterocycles. The largest absolute Gasteiger partial charge is 0.497 e. The number of carboxylic acids is 2. The molecule has 0 bridgehead atoms. The maximum atomic E-state index is 9.00. The molecule has 1 fully saturated rings. The first kappa shape index (κ1) is 26.6.